The second-order valence-corrected chi connectivity index (χ2v) is 7.74. The Morgan fingerprint density at radius 3 is 2.38 bits per heavy atom. The van der Waals surface area contributed by atoms with Crippen LogP contribution in [-0.4, -0.2) is 27.3 Å². The van der Waals surface area contributed by atoms with Crippen molar-refractivity contribution >= 4 is 11.0 Å². The normalized spacial score (nSPS) is 16.5. The van der Waals surface area contributed by atoms with Gasteiger partial charge in [0.05, 0.1) is 21.3 Å². The highest BCUT2D eigenvalue weighted by Gasteiger charge is 2.39. The van der Waals surface area contributed by atoms with Crippen LogP contribution in [0.4, 0.5) is 13.2 Å². The second kappa shape index (κ2) is 6.89. The van der Waals surface area contributed by atoms with Gasteiger partial charge in [0.2, 0.25) is 0 Å². The fraction of sp³-hybridized carbons (Fsp3) is 0.571. The van der Waals surface area contributed by atoms with Crippen LogP contribution < -0.4 is 4.72 Å². The molecule has 1 aromatic carbocycles. The molecule has 1 rings (SSSR count). The molecule has 0 aromatic heterocycles. The maximum absolute atomic E-state index is 14.0. The number of alkyl halides is 1. The van der Waals surface area contributed by atoms with Crippen molar-refractivity contribution in [3.63, 3.8) is 0 Å². The Bertz CT molecular complexity index is 519. The van der Waals surface area contributed by atoms with E-state index in [2.05, 4.69) is 4.72 Å². The molecule has 0 unspecified atom stereocenters. The monoisotopic (exact) mass is 323 g/mol. The Labute approximate surface area is 125 Å². The van der Waals surface area contributed by atoms with Crippen molar-refractivity contribution in [2.75, 3.05) is 13.3 Å². The summed E-state index contributed by atoms with van der Waals surface area (Å²) in [7, 11) is -1.71. The Hall–Kier alpha value is -0.920. The molecule has 0 bridgehead atoms. The van der Waals surface area contributed by atoms with Crippen LogP contribution in [0.25, 0.3) is 0 Å². The van der Waals surface area contributed by atoms with E-state index < -0.39 is 46.2 Å². The summed E-state index contributed by atoms with van der Waals surface area (Å²) in [5, 5.41) is 9.15. The molecule has 0 aliphatic rings. The van der Waals surface area contributed by atoms with Crippen molar-refractivity contribution in [1.29, 1.82) is 0 Å². The third kappa shape index (κ3) is 4.05. The van der Waals surface area contributed by atoms with Gasteiger partial charge in [-0.2, -0.15) is 0 Å². The van der Waals surface area contributed by atoms with E-state index in [1.54, 1.807) is 20.8 Å². The summed E-state index contributed by atoms with van der Waals surface area (Å²) >= 11 is 0. The van der Waals surface area contributed by atoms with E-state index in [0.717, 1.165) is 6.07 Å². The van der Waals surface area contributed by atoms with E-state index in [-0.39, 0.29) is 12.0 Å². The molecule has 2 atom stereocenters. The smallest absolute Gasteiger partial charge is 0.164 e. The standard InChI is InChI=1S/C14H20F3NO2S/c1-13(2,3)21(20)18-14(9-15,7-8-19)10-5-4-6-11(16)12(10)17/h4-6,18-19H,7-9H2,1-3H3/t14-,21-/m1/s1. The van der Waals surface area contributed by atoms with Crippen LogP contribution in [0, 0.1) is 11.6 Å². The van der Waals surface area contributed by atoms with Crippen LogP contribution in [-0.2, 0) is 16.5 Å². The van der Waals surface area contributed by atoms with Gasteiger partial charge >= 0.3 is 0 Å². The van der Waals surface area contributed by atoms with Crippen LogP contribution in [0.2, 0.25) is 0 Å². The zero-order valence-corrected chi connectivity index (χ0v) is 13.1. The first-order valence-corrected chi connectivity index (χ1v) is 7.64. The zero-order chi connectivity index (χ0) is 16.3. The van der Waals surface area contributed by atoms with Crippen LogP contribution in [0.3, 0.4) is 0 Å². The molecule has 0 aliphatic heterocycles. The fourth-order valence-corrected chi connectivity index (χ4v) is 2.73. The number of aliphatic hydroxyl groups is 1. The molecule has 7 heteroatoms. The minimum atomic E-state index is -1.74. The lowest BCUT2D eigenvalue weighted by molar-refractivity contribution is 0.192. The first kappa shape index (κ1) is 18.1. The van der Waals surface area contributed by atoms with E-state index in [1.165, 1.54) is 12.1 Å². The van der Waals surface area contributed by atoms with Gasteiger partial charge in [-0.05, 0) is 33.3 Å². The van der Waals surface area contributed by atoms with Gasteiger partial charge in [-0.1, -0.05) is 12.1 Å². The highest BCUT2D eigenvalue weighted by Crippen LogP contribution is 2.31. The Morgan fingerprint density at radius 2 is 1.90 bits per heavy atom. The van der Waals surface area contributed by atoms with Gasteiger partial charge < -0.3 is 5.11 Å². The van der Waals surface area contributed by atoms with Crippen LogP contribution in [0.5, 0.6) is 0 Å². The van der Waals surface area contributed by atoms with E-state index in [0.29, 0.717) is 0 Å². The lowest BCUT2D eigenvalue weighted by atomic mass is 9.88. The minimum absolute atomic E-state index is 0.230. The van der Waals surface area contributed by atoms with E-state index in [4.69, 9.17) is 5.11 Å². The topological polar surface area (TPSA) is 49.3 Å². The van der Waals surface area contributed by atoms with Crippen molar-refractivity contribution in [2.45, 2.75) is 37.5 Å². The minimum Gasteiger partial charge on any atom is -0.396 e. The molecule has 0 spiro atoms. The summed E-state index contributed by atoms with van der Waals surface area (Å²) in [5.74, 6) is -2.33. The van der Waals surface area contributed by atoms with Crippen molar-refractivity contribution in [3.05, 3.63) is 35.4 Å². The van der Waals surface area contributed by atoms with Gasteiger partial charge in [0.1, 0.15) is 6.67 Å². The first-order chi connectivity index (χ1) is 9.68. The summed E-state index contributed by atoms with van der Waals surface area (Å²) in [4.78, 5) is 0. The molecule has 0 heterocycles. The summed E-state index contributed by atoms with van der Waals surface area (Å²) < 4.78 is 55.1. The molecule has 0 aliphatic carbocycles. The van der Waals surface area contributed by atoms with Crippen LogP contribution in [0.15, 0.2) is 18.2 Å². The number of aliphatic hydroxyl groups excluding tert-OH is 1. The lowest BCUT2D eigenvalue weighted by Gasteiger charge is -2.34. The number of halogens is 3. The van der Waals surface area contributed by atoms with Gasteiger partial charge in [-0.15, -0.1) is 0 Å². The van der Waals surface area contributed by atoms with Gasteiger partial charge in [0.25, 0.3) is 0 Å². The van der Waals surface area contributed by atoms with Crippen molar-refractivity contribution in [1.82, 2.24) is 4.72 Å². The van der Waals surface area contributed by atoms with Crippen molar-refractivity contribution in [3.8, 4) is 0 Å². The van der Waals surface area contributed by atoms with Crippen LogP contribution in [0.1, 0.15) is 32.8 Å². The van der Waals surface area contributed by atoms with E-state index >= 15 is 0 Å². The highest BCUT2D eigenvalue weighted by molar-refractivity contribution is 7.84. The third-order valence-corrected chi connectivity index (χ3v) is 4.77. The lowest BCUT2D eigenvalue weighted by Crippen LogP contribution is -2.50. The molecule has 1 aromatic rings. The molecule has 3 nitrogen and oxygen atoms in total. The highest BCUT2D eigenvalue weighted by atomic mass is 32.2. The molecule has 0 radical (unpaired) electrons. The van der Waals surface area contributed by atoms with Gasteiger partial charge in [0, 0.05) is 12.2 Å². The predicted molar refractivity (Wildman–Crippen MR) is 76.7 cm³/mol. The SMILES string of the molecule is CC(C)(C)[S@@](=O)N[C@@](CF)(CCO)c1cccc(F)c1F. The first-order valence-electron chi connectivity index (χ1n) is 6.49. The molecule has 0 amide bonds. The summed E-state index contributed by atoms with van der Waals surface area (Å²) in [5.41, 5.74) is -2.02. The van der Waals surface area contributed by atoms with Crippen molar-refractivity contribution < 1.29 is 22.5 Å². The second-order valence-electron chi connectivity index (χ2n) is 5.77. The summed E-state index contributed by atoms with van der Waals surface area (Å²) in [6, 6.07) is 3.39. The zero-order valence-electron chi connectivity index (χ0n) is 12.3. The Kier molecular flexibility index (Phi) is 5.95. The summed E-state index contributed by atoms with van der Waals surface area (Å²) in [6.07, 6.45) is -0.230. The maximum atomic E-state index is 14.0. The molecule has 21 heavy (non-hydrogen) atoms. The van der Waals surface area contributed by atoms with Gasteiger partial charge in [-0.25, -0.2) is 22.1 Å². The molecule has 0 saturated carbocycles. The Balaban J connectivity index is 3.33. The molecule has 0 fully saturated rings. The Morgan fingerprint density at radius 1 is 1.29 bits per heavy atom. The number of hydrogen-bond acceptors (Lipinski definition) is 2. The van der Waals surface area contributed by atoms with E-state index in [9.17, 15) is 17.4 Å². The predicted octanol–water partition coefficient (Wildman–Crippen LogP) is 2.56. The number of benzene rings is 1. The van der Waals surface area contributed by atoms with Crippen molar-refractivity contribution in [2.24, 2.45) is 0 Å². The molecular weight excluding hydrogens is 303 g/mol. The van der Waals surface area contributed by atoms with E-state index in [1.807, 2.05) is 0 Å². The maximum Gasteiger partial charge on any atom is 0.164 e. The molecule has 120 valence electrons. The quantitative estimate of drug-likeness (QED) is 0.845. The van der Waals surface area contributed by atoms with Crippen LogP contribution >= 0.6 is 0 Å². The number of hydrogen-bond donors (Lipinski definition) is 2. The third-order valence-electron chi connectivity index (χ3n) is 3.08. The number of rotatable bonds is 6. The average Bonchev–Trinajstić information content (AvgIpc) is 2.40. The molecule has 0 saturated heterocycles. The molecular formula is C14H20F3NO2S. The summed E-state index contributed by atoms with van der Waals surface area (Å²) in [6.45, 7) is 3.41. The fourth-order valence-electron chi connectivity index (χ4n) is 1.80. The van der Waals surface area contributed by atoms with Gasteiger partial charge in [0.15, 0.2) is 11.6 Å². The average molecular weight is 323 g/mol. The largest absolute Gasteiger partial charge is 0.396 e. The molecule has 2 N–H and O–H groups in total. The number of nitrogens with one attached hydrogen (secondary N) is 1. The van der Waals surface area contributed by atoms with Gasteiger partial charge in [-0.3, -0.25) is 0 Å².